The van der Waals surface area contributed by atoms with E-state index in [0.717, 1.165) is 17.5 Å². The zero-order chi connectivity index (χ0) is 17.9. The third-order valence-corrected chi connectivity index (χ3v) is 3.43. The molecule has 3 heteroatoms. The van der Waals surface area contributed by atoms with E-state index in [1.165, 1.54) is 0 Å². The molecule has 0 aliphatic carbocycles. The maximum Gasteiger partial charge on any atom is 0.193 e. The predicted octanol–water partition coefficient (Wildman–Crippen LogP) is 4.08. The first kappa shape index (κ1) is 20.1. The largest absolute Gasteiger partial charge is 0.393 e. The van der Waals surface area contributed by atoms with E-state index in [2.05, 4.69) is 13.8 Å². The molecule has 0 bridgehead atoms. The van der Waals surface area contributed by atoms with E-state index in [1.807, 2.05) is 60.7 Å². The Bertz CT molecular complexity index is 525. The molecular weight excluding hydrogens is 300 g/mol. The lowest BCUT2D eigenvalue weighted by molar-refractivity contribution is 0.0772. The average Bonchev–Trinajstić information content (AvgIpc) is 2.55. The van der Waals surface area contributed by atoms with Gasteiger partial charge in [-0.25, -0.2) is 0 Å². The summed E-state index contributed by atoms with van der Waals surface area (Å²) in [6.45, 7) is 5.82. The fourth-order valence-electron chi connectivity index (χ4n) is 2.38. The fraction of sp³-hybridized carbons (Fsp3) is 0.381. The number of carbonyl (C=O) groups is 1. The van der Waals surface area contributed by atoms with Crippen LogP contribution in [0.3, 0.4) is 0 Å². The third-order valence-electron chi connectivity index (χ3n) is 3.43. The third kappa shape index (κ3) is 8.04. The van der Waals surface area contributed by atoms with Gasteiger partial charge >= 0.3 is 0 Å². The van der Waals surface area contributed by atoms with Crippen molar-refractivity contribution >= 4 is 5.78 Å². The van der Waals surface area contributed by atoms with Crippen molar-refractivity contribution in [3.8, 4) is 0 Å². The van der Waals surface area contributed by atoms with Gasteiger partial charge in [0.2, 0.25) is 0 Å². The zero-order valence-corrected chi connectivity index (χ0v) is 14.7. The van der Waals surface area contributed by atoms with Crippen molar-refractivity contribution < 1.29 is 15.0 Å². The lowest BCUT2D eigenvalue weighted by Gasteiger charge is -2.13. The summed E-state index contributed by atoms with van der Waals surface area (Å²) in [4.78, 5) is 11.8. The molecule has 2 N–H and O–H groups in total. The summed E-state index contributed by atoms with van der Waals surface area (Å²) in [6.07, 6.45) is 0.567. The molecule has 2 aromatic carbocycles. The second-order valence-corrected chi connectivity index (χ2v) is 6.43. The first-order valence-corrected chi connectivity index (χ1v) is 8.41. The van der Waals surface area contributed by atoms with Gasteiger partial charge < -0.3 is 10.2 Å². The summed E-state index contributed by atoms with van der Waals surface area (Å²) in [7, 11) is 0. The van der Waals surface area contributed by atoms with Gasteiger partial charge in [-0.2, -0.15) is 0 Å². The predicted molar refractivity (Wildman–Crippen MR) is 98.1 cm³/mol. The molecule has 2 atom stereocenters. The second kappa shape index (κ2) is 10.7. The highest BCUT2D eigenvalue weighted by molar-refractivity contribution is 6.08. The highest BCUT2D eigenvalue weighted by Crippen LogP contribution is 2.09. The minimum Gasteiger partial charge on any atom is -0.393 e. The van der Waals surface area contributed by atoms with Crippen molar-refractivity contribution in [2.24, 2.45) is 5.92 Å². The molecule has 130 valence electrons. The minimum absolute atomic E-state index is 0.0752. The zero-order valence-electron chi connectivity index (χ0n) is 14.7. The molecule has 2 unspecified atom stereocenters. The molecule has 2 rings (SSSR count). The molecule has 0 spiro atoms. The summed E-state index contributed by atoms with van der Waals surface area (Å²) < 4.78 is 0. The first-order chi connectivity index (χ1) is 11.4. The molecule has 3 nitrogen and oxygen atoms in total. The van der Waals surface area contributed by atoms with Crippen LogP contribution in [0.25, 0.3) is 0 Å². The van der Waals surface area contributed by atoms with Crippen LogP contribution in [0.2, 0.25) is 0 Å². The van der Waals surface area contributed by atoms with Gasteiger partial charge in [0.25, 0.3) is 0 Å². The normalized spacial score (nSPS) is 12.9. The van der Waals surface area contributed by atoms with E-state index in [-0.39, 0.29) is 18.0 Å². The van der Waals surface area contributed by atoms with Gasteiger partial charge in [0, 0.05) is 11.1 Å². The highest BCUT2D eigenvalue weighted by Gasteiger charge is 2.09. The molecule has 0 saturated carbocycles. The molecule has 0 radical (unpaired) electrons. The minimum atomic E-state index is -0.381. The summed E-state index contributed by atoms with van der Waals surface area (Å²) in [5.74, 6) is 0.583. The Balaban J connectivity index is 0.000000257. The molecule has 0 fully saturated rings. The van der Waals surface area contributed by atoms with E-state index in [1.54, 1.807) is 6.92 Å². The van der Waals surface area contributed by atoms with Crippen molar-refractivity contribution in [1.82, 2.24) is 0 Å². The SMILES string of the molecule is CC(C)CC(O)CC(C)O.O=C(c1ccccc1)c1ccccc1. The number of aliphatic hydroxyl groups excluding tert-OH is 2. The highest BCUT2D eigenvalue weighted by atomic mass is 16.3. The fourth-order valence-corrected chi connectivity index (χ4v) is 2.38. The quantitative estimate of drug-likeness (QED) is 0.786. The van der Waals surface area contributed by atoms with Crippen LogP contribution < -0.4 is 0 Å². The maximum atomic E-state index is 11.8. The van der Waals surface area contributed by atoms with Crippen molar-refractivity contribution in [3.05, 3.63) is 71.8 Å². The van der Waals surface area contributed by atoms with Gasteiger partial charge in [0.15, 0.2) is 5.78 Å². The number of ketones is 1. The molecule has 0 heterocycles. The maximum absolute atomic E-state index is 11.8. The van der Waals surface area contributed by atoms with Crippen LogP contribution in [0.5, 0.6) is 0 Å². The Kier molecular flexibility index (Phi) is 8.98. The Morgan fingerprint density at radius 2 is 1.21 bits per heavy atom. The summed E-state index contributed by atoms with van der Waals surface area (Å²) in [5, 5.41) is 18.1. The number of rotatable bonds is 6. The average molecular weight is 328 g/mol. The topological polar surface area (TPSA) is 57.5 Å². The van der Waals surface area contributed by atoms with Crippen LogP contribution in [0, 0.1) is 5.92 Å². The van der Waals surface area contributed by atoms with Crippen LogP contribution in [0.15, 0.2) is 60.7 Å². The van der Waals surface area contributed by atoms with Gasteiger partial charge in [0.1, 0.15) is 0 Å². The van der Waals surface area contributed by atoms with E-state index in [9.17, 15) is 9.90 Å². The Hall–Kier alpha value is -1.97. The van der Waals surface area contributed by atoms with Gasteiger partial charge in [0.05, 0.1) is 12.2 Å². The van der Waals surface area contributed by atoms with Crippen LogP contribution >= 0.6 is 0 Å². The molecule has 0 aliphatic rings. The summed E-state index contributed by atoms with van der Waals surface area (Å²) >= 11 is 0. The standard InChI is InChI=1S/C13H10O.C8H18O2/c14-13(11-7-3-1-4-8-11)12-9-5-2-6-10-12;1-6(2)4-8(10)5-7(3)9/h1-10H;6-10H,4-5H2,1-3H3. The van der Waals surface area contributed by atoms with Gasteiger partial charge in [-0.3, -0.25) is 4.79 Å². The molecule has 0 saturated heterocycles. The molecule has 24 heavy (non-hydrogen) atoms. The summed E-state index contributed by atoms with van der Waals surface area (Å²) in [6, 6.07) is 18.6. The van der Waals surface area contributed by atoms with Crippen molar-refractivity contribution in [3.63, 3.8) is 0 Å². The first-order valence-electron chi connectivity index (χ1n) is 8.41. The van der Waals surface area contributed by atoms with E-state index < -0.39 is 0 Å². The molecular formula is C21H28O3. The molecule has 0 aliphatic heterocycles. The van der Waals surface area contributed by atoms with Crippen LogP contribution in [0.4, 0.5) is 0 Å². The van der Waals surface area contributed by atoms with Crippen LogP contribution in [-0.4, -0.2) is 28.2 Å². The lowest BCUT2D eigenvalue weighted by atomic mass is 10.0. The van der Waals surface area contributed by atoms with Gasteiger partial charge in [-0.1, -0.05) is 74.5 Å². The van der Waals surface area contributed by atoms with E-state index >= 15 is 0 Å². The lowest BCUT2D eigenvalue weighted by Crippen LogP contribution is -2.16. The number of aliphatic hydroxyl groups is 2. The van der Waals surface area contributed by atoms with Crippen molar-refractivity contribution in [1.29, 1.82) is 0 Å². The Morgan fingerprint density at radius 3 is 1.54 bits per heavy atom. The second-order valence-electron chi connectivity index (χ2n) is 6.43. The molecule has 0 amide bonds. The van der Waals surface area contributed by atoms with Crippen molar-refractivity contribution in [2.45, 2.75) is 45.8 Å². The van der Waals surface area contributed by atoms with E-state index in [0.29, 0.717) is 12.3 Å². The van der Waals surface area contributed by atoms with Gasteiger partial charge in [-0.05, 0) is 25.7 Å². The van der Waals surface area contributed by atoms with Gasteiger partial charge in [-0.15, -0.1) is 0 Å². The van der Waals surface area contributed by atoms with Crippen LogP contribution in [-0.2, 0) is 0 Å². The number of carbonyl (C=O) groups excluding carboxylic acids is 1. The Morgan fingerprint density at radius 1 is 0.792 bits per heavy atom. The number of benzene rings is 2. The monoisotopic (exact) mass is 328 g/mol. The molecule has 0 aromatic heterocycles. The van der Waals surface area contributed by atoms with Crippen LogP contribution in [0.1, 0.15) is 49.5 Å². The number of hydrogen-bond acceptors (Lipinski definition) is 3. The Labute approximate surface area is 145 Å². The summed E-state index contributed by atoms with van der Waals surface area (Å²) in [5.41, 5.74) is 1.47. The molecule has 2 aromatic rings. The van der Waals surface area contributed by atoms with E-state index in [4.69, 9.17) is 5.11 Å². The smallest absolute Gasteiger partial charge is 0.193 e. The van der Waals surface area contributed by atoms with Crippen molar-refractivity contribution in [2.75, 3.05) is 0 Å². The number of hydrogen-bond donors (Lipinski definition) is 2.